The van der Waals surface area contributed by atoms with E-state index in [0.29, 0.717) is 32.0 Å². The molecule has 1 aliphatic rings. The average Bonchev–Trinajstić information content (AvgIpc) is 2.51. The molecule has 0 radical (unpaired) electrons. The van der Waals surface area contributed by atoms with E-state index in [1.165, 1.54) is 10.6 Å². The first-order valence-electron chi connectivity index (χ1n) is 7.70. The van der Waals surface area contributed by atoms with Crippen LogP contribution in [0.2, 0.25) is 0 Å². The van der Waals surface area contributed by atoms with Gasteiger partial charge in [-0.2, -0.15) is 0 Å². The molecule has 0 spiro atoms. The topological polar surface area (TPSA) is 66.9 Å². The lowest BCUT2D eigenvalue weighted by atomic mass is 10.1. The summed E-state index contributed by atoms with van der Waals surface area (Å²) in [6, 6.07) is 5.56. The Labute approximate surface area is 138 Å². The zero-order chi connectivity index (χ0) is 17.0. The van der Waals surface area contributed by atoms with Gasteiger partial charge in [-0.05, 0) is 31.0 Å². The molecule has 0 N–H and O–H groups in total. The Kier molecular flexibility index (Phi) is 5.64. The van der Waals surface area contributed by atoms with Gasteiger partial charge in [0.2, 0.25) is 15.9 Å². The Morgan fingerprint density at radius 1 is 1.26 bits per heavy atom. The maximum absolute atomic E-state index is 12.3. The van der Waals surface area contributed by atoms with Crippen molar-refractivity contribution in [1.29, 1.82) is 0 Å². The molecule has 1 aromatic carbocycles. The van der Waals surface area contributed by atoms with Crippen LogP contribution in [-0.2, 0) is 19.6 Å². The fraction of sp³-hybridized carbons (Fsp3) is 0.562. The van der Waals surface area contributed by atoms with Gasteiger partial charge in [0.05, 0.1) is 25.2 Å². The van der Waals surface area contributed by atoms with Gasteiger partial charge in [-0.3, -0.25) is 9.10 Å². The number of carbonyl (C=O) groups excluding carboxylic acids is 1. The fourth-order valence-electron chi connectivity index (χ4n) is 2.64. The SMILES string of the molecule is Cc1cccc(N(CCC(=O)N2CCOCC2)S(C)(=O)=O)c1C. The van der Waals surface area contributed by atoms with Crippen molar-refractivity contribution in [3.05, 3.63) is 29.3 Å². The van der Waals surface area contributed by atoms with E-state index in [4.69, 9.17) is 4.74 Å². The van der Waals surface area contributed by atoms with Gasteiger partial charge in [0.1, 0.15) is 0 Å². The minimum absolute atomic E-state index is 0.0349. The molecule has 0 unspecified atom stereocenters. The van der Waals surface area contributed by atoms with E-state index < -0.39 is 10.0 Å². The summed E-state index contributed by atoms with van der Waals surface area (Å²) in [5, 5.41) is 0. The maximum atomic E-state index is 12.3. The zero-order valence-corrected chi connectivity index (χ0v) is 14.7. The summed E-state index contributed by atoms with van der Waals surface area (Å²) in [6.45, 7) is 6.21. The number of rotatable bonds is 5. The summed E-state index contributed by atoms with van der Waals surface area (Å²) in [5.74, 6) is -0.0349. The second-order valence-corrected chi connectivity index (χ2v) is 7.70. The van der Waals surface area contributed by atoms with Crippen LogP contribution in [0, 0.1) is 13.8 Å². The molecule has 1 aliphatic heterocycles. The Bertz CT molecular complexity index is 667. The van der Waals surface area contributed by atoms with Gasteiger partial charge in [-0.25, -0.2) is 8.42 Å². The highest BCUT2D eigenvalue weighted by Gasteiger charge is 2.23. The minimum atomic E-state index is -3.45. The summed E-state index contributed by atoms with van der Waals surface area (Å²) in [7, 11) is -3.45. The van der Waals surface area contributed by atoms with E-state index in [1.54, 1.807) is 11.0 Å². The highest BCUT2D eigenvalue weighted by Crippen LogP contribution is 2.25. The number of carbonyl (C=O) groups is 1. The number of hydrogen-bond donors (Lipinski definition) is 0. The van der Waals surface area contributed by atoms with Crippen LogP contribution in [0.25, 0.3) is 0 Å². The predicted molar refractivity (Wildman–Crippen MR) is 90.1 cm³/mol. The third-order valence-electron chi connectivity index (χ3n) is 4.14. The number of ether oxygens (including phenoxy) is 1. The van der Waals surface area contributed by atoms with Gasteiger partial charge < -0.3 is 9.64 Å². The molecule has 1 amide bonds. The van der Waals surface area contributed by atoms with Crippen LogP contribution >= 0.6 is 0 Å². The monoisotopic (exact) mass is 340 g/mol. The number of hydrogen-bond acceptors (Lipinski definition) is 4. The van der Waals surface area contributed by atoms with Gasteiger partial charge in [0.15, 0.2) is 0 Å². The third-order valence-corrected chi connectivity index (χ3v) is 5.32. The first kappa shape index (κ1) is 17.7. The number of benzene rings is 1. The molecular weight excluding hydrogens is 316 g/mol. The lowest BCUT2D eigenvalue weighted by molar-refractivity contribution is -0.134. The van der Waals surface area contributed by atoms with Crippen LogP contribution in [0.5, 0.6) is 0 Å². The zero-order valence-electron chi connectivity index (χ0n) is 13.9. The van der Waals surface area contributed by atoms with Gasteiger partial charge in [0, 0.05) is 26.1 Å². The molecule has 0 saturated carbocycles. The molecule has 23 heavy (non-hydrogen) atoms. The third kappa shape index (κ3) is 4.45. The van der Waals surface area contributed by atoms with Gasteiger partial charge in [-0.1, -0.05) is 12.1 Å². The largest absolute Gasteiger partial charge is 0.378 e. The summed E-state index contributed by atoms with van der Waals surface area (Å²) in [5.41, 5.74) is 2.58. The Balaban J connectivity index is 2.14. The van der Waals surface area contributed by atoms with Crippen LogP contribution in [0.15, 0.2) is 18.2 Å². The molecule has 2 rings (SSSR count). The summed E-state index contributed by atoms with van der Waals surface area (Å²) in [6.07, 6.45) is 1.34. The van der Waals surface area contributed by atoms with Gasteiger partial charge in [-0.15, -0.1) is 0 Å². The molecule has 0 atom stereocenters. The van der Waals surface area contributed by atoms with Crippen molar-refractivity contribution in [3.63, 3.8) is 0 Å². The number of nitrogens with zero attached hydrogens (tertiary/aromatic N) is 2. The molecule has 0 aliphatic carbocycles. The quantitative estimate of drug-likeness (QED) is 0.811. The van der Waals surface area contributed by atoms with Gasteiger partial charge in [0.25, 0.3) is 0 Å². The molecule has 7 heteroatoms. The number of amides is 1. The van der Waals surface area contributed by atoms with Crippen molar-refractivity contribution < 1.29 is 17.9 Å². The molecule has 6 nitrogen and oxygen atoms in total. The fourth-order valence-corrected chi connectivity index (χ4v) is 3.62. The van der Waals surface area contributed by atoms with E-state index in [9.17, 15) is 13.2 Å². The Hall–Kier alpha value is -1.60. The van der Waals surface area contributed by atoms with E-state index in [0.717, 1.165) is 11.1 Å². The van der Waals surface area contributed by atoms with E-state index in [-0.39, 0.29) is 18.9 Å². The van der Waals surface area contributed by atoms with Crippen molar-refractivity contribution in [1.82, 2.24) is 4.90 Å². The van der Waals surface area contributed by atoms with E-state index in [2.05, 4.69) is 0 Å². The average molecular weight is 340 g/mol. The van der Waals surface area contributed by atoms with Crippen LogP contribution in [0.3, 0.4) is 0 Å². The van der Waals surface area contributed by atoms with E-state index in [1.807, 2.05) is 26.0 Å². The molecule has 0 bridgehead atoms. The second-order valence-electron chi connectivity index (χ2n) is 5.80. The van der Waals surface area contributed by atoms with Crippen molar-refractivity contribution >= 4 is 21.6 Å². The van der Waals surface area contributed by atoms with E-state index >= 15 is 0 Å². The number of morpholine rings is 1. The number of sulfonamides is 1. The standard InChI is InChI=1S/C16H24N2O4S/c1-13-5-4-6-15(14(13)2)18(23(3,20)21)8-7-16(19)17-9-11-22-12-10-17/h4-6H,7-12H2,1-3H3. The van der Waals surface area contributed by atoms with Crippen molar-refractivity contribution in [2.75, 3.05) is 43.4 Å². The Morgan fingerprint density at radius 2 is 1.91 bits per heavy atom. The molecule has 128 valence electrons. The first-order chi connectivity index (χ1) is 10.8. The smallest absolute Gasteiger partial charge is 0.232 e. The minimum Gasteiger partial charge on any atom is -0.378 e. The molecule has 1 heterocycles. The van der Waals surface area contributed by atoms with Crippen LogP contribution in [0.4, 0.5) is 5.69 Å². The lowest BCUT2D eigenvalue weighted by Crippen LogP contribution is -2.42. The molecule has 1 aromatic rings. The molecule has 1 saturated heterocycles. The second kappa shape index (κ2) is 7.31. The van der Waals surface area contributed by atoms with Crippen LogP contribution in [-0.4, -0.2) is 58.3 Å². The molecule has 0 aromatic heterocycles. The molecular formula is C16H24N2O4S. The Morgan fingerprint density at radius 3 is 2.52 bits per heavy atom. The van der Waals surface area contributed by atoms with Crippen LogP contribution in [0.1, 0.15) is 17.5 Å². The number of aryl methyl sites for hydroxylation is 1. The first-order valence-corrected chi connectivity index (χ1v) is 9.55. The summed E-state index contributed by atoms with van der Waals surface area (Å²) >= 11 is 0. The molecule has 1 fully saturated rings. The van der Waals surface area contributed by atoms with Crippen molar-refractivity contribution in [2.24, 2.45) is 0 Å². The highest BCUT2D eigenvalue weighted by molar-refractivity contribution is 7.92. The lowest BCUT2D eigenvalue weighted by Gasteiger charge is -2.29. The van der Waals surface area contributed by atoms with Gasteiger partial charge >= 0.3 is 0 Å². The summed E-state index contributed by atoms with van der Waals surface area (Å²) in [4.78, 5) is 14.0. The number of anilines is 1. The van der Waals surface area contributed by atoms with Crippen LogP contribution < -0.4 is 4.31 Å². The predicted octanol–water partition coefficient (Wildman–Crippen LogP) is 1.32. The van der Waals surface area contributed by atoms with Crippen molar-refractivity contribution in [3.8, 4) is 0 Å². The highest BCUT2D eigenvalue weighted by atomic mass is 32.2. The maximum Gasteiger partial charge on any atom is 0.232 e. The van der Waals surface area contributed by atoms with Crippen molar-refractivity contribution in [2.45, 2.75) is 20.3 Å². The normalized spacial score (nSPS) is 15.5. The summed E-state index contributed by atoms with van der Waals surface area (Å²) < 4.78 is 30.9.